The summed E-state index contributed by atoms with van der Waals surface area (Å²) in [4.78, 5) is 16.5. The van der Waals surface area contributed by atoms with Crippen LogP contribution in [-0.4, -0.2) is 30.0 Å². The lowest BCUT2D eigenvalue weighted by Gasteiger charge is -2.30. The fraction of sp³-hybridized carbons (Fsp3) is 0.444. The molecule has 0 bridgehead atoms. The first kappa shape index (κ1) is 8.31. The zero-order valence-electron chi connectivity index (χ0n) is 7.58. The molecule has 1 aliphatic heterocycles. The Morgan fingerprint density at radius 3 is 3.15 bits per heavy atom. The van der Waals surface area contributed by atoms with E-state index in [9.17, 15) is 4.79 Å². The van der Waals surface area contributed by atoms with E-state index in [-0.39, 0.29) is 11.9 Å². The summed E-state index contributed by atoms with van der Waals surface area (Å²) in [7, 11) is 0. The van der Waals surface area contributed by atoms with Crippen LogP contribution in [0.15, 0.2) is 18.3 Å². The maximum Gasteiger partial charge on any atom is 0.244 e. The minimum absolute atomic E-state index is 0.0722. The molecule has 2 rings (SSSR count). The number of hydrogen-bond donors (Lipinski definition) is 2. The summed E-state index contributed by atoms with van der Waals surface area (Å²) in [5.41, 5.74) is 0. The fourth-order valence-electron chi connectivity index (χ4n) is 1.55. The van der Waals surface area contributed by atoms with Crippen LogP contribution in [0.5, 0.6) is 0 Å². The van der Waals surface area contributed by atoms with Crippen molar-refractivity contribution in [1.29, 1.82) is 0 Å². The molecule has 0 radical (unpaired) electrons. The van der Waals surface area contributed by atoms with Crippen molar-refractivity contribution in [2.24, 2.45) is 0 Å². The number of hydrogen-bond acceptors (Lipinski definition) is 2. The van der Waals surface area contributed by atoms with Gasteiger partial charge in [0.2, 0.25) is 5.91 Å². The molecular weight excluding hydrogens is 166 g/mol. The number of nitrogens with one attached hydrogen (secondary N) is 2. The molecule has 1 atom stereocenters. The van der Waals surface area contributed by atoms with Crippen LogP contribution in [0.25, 0.3) is 0 Å². The molecule has 0 spiro atoms. The van der Waals surface area contributed by atoms with Crippen molar-refractivity contribution in [3.05, 3.63) is 18.3 Å². The average Bonchev–Trinajstić information content (AvgIpc) is 2.62. The normalized spacial score (nSPS) is 23.6. The number of piperazine rings is 1. The number of carbonyl (C=O) groups excluding carboxylic acids is 1. The van der Waals surface area contributed by atoms with Crippen LogP contribution in [0.4, 0.5) is 5.82 Å². The standard InChI is InChI=1S/C9H13N3O/c1-7-9(13)12(6-5-10-7)8-3-2-4-11-8/h2-4,7,10-11H,5-6H2,1H3. The van der Waals surface area contributed by atoms with Gasteiger partial charge in [0.1, 0.15) is 5.82 Å². The third-order valence-electron chi connectivity index (χ3n) is 2.29. The number of rotatable bonds is 1. The number of aromatic nitrogens is 1. The lowest BCUT2D eigenvalue weighted by atomic mass is 10.2. The minimum Gasteiger partial charge on any atom is -0.348 e. The maximum atomic E-state index is 11.7. The van der Waals surface area contributed by atoms with Crippen molar-refractivity contribution in [3.63, 3.8) is 0 Å². The lowest BCUT2D eigenvalue weighted by Crippen LogP contribution is -2.54. The molecule has 1 aliphatic rings. The summed E-state index contributed by atoms with van der Waals surface area (Å²) < 4.78 is 0. The number of aromatic amines is 1. The van der Waals surface area contributed by atoms with Crippen molar-refractivity contribution in [2.75, 3.05) is 18.0 Å². The molecule has 1 unspecified atom stereocenters. The van der Waals surface area contributed by atoms with Crippen LogP contribution < -0.4 is 10.2 Å². The predicted octanol–water partition coefficient (Wildman–Crippen LogP) is 0.339. The Kier molecular flexibility index (Phi) is 2.06. The molecule has 1 amide bonds. The van der Waals surface area contributed by atoms with Crippen molar-refractivity contribution in [2.45, 2.75) is 13.0 Å². The van der Waals surface area contributed by atoms with Gasteiger partial charge >= 0.3 is 0 Å². The lowest BCUT2D eigenvalue weighted by molar-refractivity contribution is -0.121. The van der Waals surface area contributed by atoms with Crippen LogP contribution in [-0.2, 0) is 4.79 Å². The zero-order chi connectivity index (χ0) is 9.26. The number of anilines is 1. The van der Waals surface area contributed by atoms with Crippen molar-refractivity contribution in [1.82, 2.24) is 10.3 Å². The first-order valence-corrected chi connectivity index (χ1v) is 4.47. The molecule has 1 fully saturated rings. The number of nitrogens with zero attached hydrogens (tertiary/aromatic N) is 1. The number of H-pyrrole nitrogens is 1. The van der Waals surface area contributed by atoms with Crippen molar-refractivity contribution < 1.29 is 4.79 Å². The highest BCUT2D eigenvalue weighted by Crippen LogP contribution is 2.13. The Morgan fingerprint density at radius 1 is 1.62 bits per heavy atom. The van der Waals surface area contributed by atoms with E-state index in [0.717, 1.165) is 18.9 Å². The highest BCUT2D eigenvalue weighted by atomic mass is 16.2. The van der Waals surface area contributed by atoms with Crippen molar-refractivity contribution in [3.8, 4) is 0 Å². The first-order chi connectivity index (χ1) is 6.29. The topological polar surface area (TPSA) is 48.1 Å². The van der Waals surface area contributed by atoms with Gasteiger partial charge in [0.15, 0.2) is 0 Å². The van der Waals surface area contributed by atoms with E-state index in [1.54, 1.807) is 4.90 Å². The Bertz CT molecular complexity index is 294. The van der Waals surface area contributed by atoms with Gasteiger partial charge in [-0.3, -0.25) is 9.69 Å². The molecule has 4 heteroatoms. The second-order valence-electron chi connectivity index (χ2n) is 3.22. The molecule has 1 saturated heterocycles. The molecule has 1 aromatic heterocycles. The third-order valence-corrected chi connectivity index (χ3v) is 2.29. The monoisotopic (exact) mass is 179 g/mol. The van der Waals surface area contributed by atoms with E-state index in [1.165, 1.54) is 0 Å². The van der Waals surface area contributed by atoms with Gasteiger partial charge in [-0.05, 0) is 19.1 Å². The van der Waals surface area contributed by atoms with Crippen molar-refractivity contribution >= 4 is 11.7 Å². The fourth-order valence-corrected chi connectivity index (χ4v) is 1.55. The first-order valence-electron chi connectivity index (χ1n) is 4.47. The van der Waals surface area contributed by atoms with Crippen LogP contribution in [0.3, 0.4) is 0 Å². The molecule has 70 valence electrons. The molecule has 0 saturated carbocycles. The highest BCUT2D eigenvalue weighted by molar-refractivity contribution is 5.96. The van der Waals surface area contributed by atoms with E-state index in [1.807, 2.05) is 25.3 Å². The molecule has 2 heterocycles. The van der Waals surface area contributed by atoms with Gasteiger partial charge in [-0.2, -0.15) is 0 Å². The highest BCUT2D eigenvalue weighted by Gasteiger charge is 2.25. The Morgan fingerprint density at radius 2 is 2.46 bits per heavy atom. The SMILES string of the molecule is CC1NCCN(c2ccc[nH]2)C1=O. The predicted molar refractivity (Wildman–Crippen MR) is 50.6 cm³/mol. The van der Waals surface area contributed by atoms with Crippen LogP contribution >= 0.6 is 0 Å². The van der Waals surface area contributed by atoms with E-state index in [4.69, 9.17) is 0 Å². The van der Waals surface area contributed by atoms with Gasteiger partial charge in [-0.1, -0.05) is 0 Å². The Hall–Kier alpha value is -1.29. The van der Waals surface area contributed by atoms with Gasteiger partial charge < -0.3 is 10.3 Å². The summed E-state index contributed by atoms with van der Waals surface area (Å²) in [6.07, 6.45) is 1.83. The molecule has 2 N–H and O–H groups in total. The van der Waals surface area contributed by atoms with Gasteiger partial charge in [0, 0.05) is 19.3 Å². The zero-order valence-corrected chi connectivity index (χ0v) is 7.58. The van der Waals surface area contributed by atoms with Gasteiger partial charge in [0.05, 0.1) is 6.04 Å². The van der Waals surface area contributed by atoms with Gasteiger partial charge in [-0.15, -0.1) is 0 Å². The molecule has 1 aromatic rings. The van der Waals surface area contributed by atoms with Crippen LogP contribution in [0.2, 0.25) is 0 Å². The largest absolute Gasteiger partial charge is 0.348 e. The smallest absolute Gasteiger partial charge is 0.244 e. The summed E-state index contributed by atoms with van der Waals surface area (Å²) in [6, 6.07) is 3.74. The van der Waals surface area contributed by atoms with E-state index < -0.39 is 0 Å². The Balaban J connectivity index is 2.19. The van der Waals surface area contributed by atoms with E-state index >= 15 is 0 Å². The minimum atomic E-state index is -0.0722. The van der Waals surface area contributed by atoms with Crippen LogP contribution in [0.1, 0.15) is 6.92 Å². The van der Waals surface area contributed by atoms with Crippen LogP contribution in [0, 0.1) is 0 Å². The molecule has 0 aromatic carbocycles. The number of amides is 1. The molecule has 0 aliphatic carbocycles. The second kappa shape index (κ2) is 3.22. The molecule has 13 heavy (non-hydrogen) atoms. The summed E-state index contributed by atoms with van der Waals surface area (Å²) in [6.45, 7) is 3.48. The van der Waals surface area contributed by atoms with E-state index in [0.29, 0.717) is 0 Å². The van der Waals surface area contributed by atoms with Gasteiger partial charge in [0.25, 0.3) is 0 Å². The molecular formula is C9H13N3O. The van der Waals surface area contributed by atoms with Gasteiger partial charge in [-0.25, -0.2) is 0 Å². The Labute approximate surface area is 76.9 Å². The molecule has 4 nitrogen and oxygen atoms in total. The second-order valence-corrected chi connectivity index (χ2v) is 3.22. The van der Waals surface area contributed by atoms with E-state index in [2.05, 4.69) is 10.3 Å². The maximum absolute atomic E-state index is 11.7. The third kappa shape index (κ3) is 1.45. The average molecular weight is 179 g/mol. The number of carbonyl (C=O) groups is 1. The summed E-state index contributed by atoms with van der Waals surface area (Å²) >= 11 is 0. The summed E-state index contributed by atoms with van der Waals surface area (Å²) in [5, 5.41) is 3.12. The summed E-state index contributed by atoms with van der Waals surface area (Å²) in [5.74, 6) is 1.02. The quantitative estimate of drug-likeness (QED) is 0.653.